The molecule has 2 heterocycles. The van der Waals surface area contributed by atoms with Gasteiger partial charge in [0.15, 0.2) is 0 Å². The molecular weight excluding hydrogens is 412 g/mol. The fraction of sp³-hybridized carbons (Fsp3) is 0.630. The summed E-state index contributed by atoms with van der Waals surface area (Å²) < 4.78 is 10.8. The van der Waals surface area contributed by atoms with E-state index < -0.39 is 0 Å². The molecule has 0 bridgehead atoms. The smallest absolute Gasteiger partial charge is 0.149 e. The van der Waals surface area contributed by atoms with Crippen LogP contribution < -0.4 is 14.8 Å². The van der Waals surface area contributed by atoms with Gasteiger partial charge in [0.2, 0.25) is 0 Å². The Morgan fingerprint density at radius 1 is 0.970 bits per heavy atom. The number of benzene rings is 1. The number of hydrogen-bond acceptors (Lipinski definition) is 5. The SMILES string of the molecule is CCCCC(CC)CC1NC(c2cc(CCc3cc(OC)cc(OC)c3)[nH]n2)=NC1CCC. The zero-order valence-corrected chi connectivity index (χ0v) is 21.1. The second kappa shape index (κ2) is 12.7. The molecule has 1 aromatic carbocycles. The number of H-pyrrole nitrogens is 1. The van der Waals surface area contributed by atoms with Crippen molar-refractivity contribution in [2.45, 2.75) is 90.6 Å². The molecule has 6 heteroatoms. The van der Waals surface area contributed by atoms with Gasteiger partial charge in [-0.3, -0.25) is 10.1 Å². The van der Waals surface area contributed by atoms with Crippen LogP contribution in [0.5, 0.6) is 11.5 Å². The summed E-state index contributed by atoms with van der Waals surface area (Å²) in [4.78, 5) is 5.06. The van der Waals surface area contributed by atoms with Crippen molar-refractivity contribution in [1.29, 1.82) is 0 Å². The van der Waals surface area contributed by atoms with Crippen molar-refractivity contribution in [2.75, 3.05) is 14.2 Å². The molecule has 0 saturated heterocycles. The highest BCUT2D eigenvalue weighted by Gasteiger charge is 2.31. The molecule has 3 rings (SSSR count). The number of aryl methyl sites for hydroxylation is 2. The molecular formula is C27H42N4O2. The number of aromatic nitrogens is 2. The van der Waals surface area contributed by atoms with E-state index in [-0.39, 0.29) is 0 Å². The maximum Gasteiger partial charge on any atom is 0.149 e. The molecule has 0 aliphatic carbocycles. The van der Waals surface area contributed by atoms with Crippen LogP contribution >= 0.6 is 0 Å². The maximum atomic E-state index is 5.39. The molecule has 33 heavy (non-hydrogen) atoms. The highest BCUT2D eigenvalue weighted by Crippen LogP contribution is 2.26. The number of aliphatic imine (C=N–C) groups is 1. The fourth-order valence-electron chi connectivity index (χ4n) is 4.72. The Kier molecular flexibility index (Phi) is 9.64. The lowest BCUT2D eigenvalue weighted by Crippen LogP contribution is -2.37. The topological polar surface area (TPSA) is 71.5 Å². The molecule has 2 aromatic rings. The van der Waals surface area contributed by atoms with E-state index >= 15 is 0 Å². The minimum Gasteiger partial charge on any atom is -0.497 e. The number of rotatable bonds is 14. The summed E-state index contributed by atoms with van der Waals surface area (Å²) in [6.45, 7) is 6.85. The van der Waals surface area contributed by atoms with E-state index in [1.807, 2.05) is 6.07 Å². The van der Waals surface area contributed by atoms with Gasteiger partial charge in [-0.2, -0.15) is 5.10 Å². The number of amidine groups is 1. The van der Waals surface area contributed by atoms with Gasteiger partial charge >= 0.3 is 0 Å². The number of hydrogen-bond donors (Lipinski definition) is 2. The van der Waals surface area contributed by atoms with Crippen molar-refractivity contribution < 1.29 is 9.47 Å². The van der Waals surface area contributed by atoms with E-state index in [2.05, 4.69) is 54.5 Å². The van der Waals surface area contributed by atoms with Crippen LogP contribution in [-0.4, -0.2) is 42.3 Å². The quantitative estimate of drug-likeness (QED) is 0.384. The van der Waals surface area contributed by atoms with Crippen LogP contribution in [0, 0.1) is 5.92 Å². The van der Waals surface area contributed by atoms with Crippen LogP contribution in [0.4, 0.5) is 0 Å². The Morgan fingerprint density at radius 2 is 1.73 bits per heavy atom. The molecule has 1 aromatic heterocycles. The maximum absolute atomic E-state index is 5.39. The third-order valence-corrected chi connectivity index (χ3v) is 6.76. The van der Waals surface area contributed by atoms with E-state index in [0.29, 0.717) is 12.1 Å². The number of ether oxygens (including phenoxy) is 2. The number of nitrogens with zero attached hydrogens (tertiary/aromatic N) is 2. The molecule has 3 atom stereocenters. The lowest BCUT2D eigenvalue weighted by Gasteiger charge is -2.23. The Bertz CT molecular complexity index is 870. The van der Waals surface area contributed by atoms with Gasteiger partial charge in [0, 0.05) is 11.8 Å². The second-order valence-electron chi connectivity index (χ2n) is 9.24. The Morgan fingerprint density at radius 3 is 2.36 bits per heavy atom. The molecule has 0 radical (unpaired) electrons. The third kappa shape index (κ3) is 6.99. The molecule has 1 aliphatic heterocycles. The van der Waals surface area contributed by atoms with Crippen LogP contribution in [0.25, 0.3) is 0 Å². The minimum absolute atomic E-state index is 0.352. The van der Waals surface area contributed by atoms with Gasteiger partial charge in [0.25, 0.3) is 0 Å². The summed E-state index contributed by atoms with van der Waals surface area (Å²) in [7, 11) is 3.36. The summed E-state index contributed by atoms with van der Waals surface area (Å²) in [6, 6.07) is 8.94. The molecule has 0 fully saturated rings. The lowest BCUT2D eigenvalue weighted by atomic mass is 9.88. The molecule has 1 aliphatic rings. The van der Waals surface area contributed by atoms with Crippen LogP contribution in [0.2, 0.25) is 0 Å². The predicted molar refractivity (Wildman–Crippen MR) is 136 cm³/mol. The van der Waals surface area contributed by atoms with Crippen LogP contribution in [-0.2, 0) is 12.8 Å². The van der Waals surface area contributed by atoms with E-state index in [1.54, 1.807) is 14.2 Å². The fourth-order valence-corrected chi connectivity index (χ4v) is 4.72. The van der Waals surface area contributed by atoms with E-state index in [4.69, 9.17) is 14.5 Å². The van der Waals surface area contributed by atoms with Crippen LogP contribution in [0.3, 0.4) is 0 Å². The van der Waals surface area contributed by atoms with Gasteiger partial charge in [0.05, 0.1) is 26.3 Å². The first-order chi connectivity index (χ1) is 16.1. The molecule has 6 nitrogen and oxygen atoms in total. The molecule has 182 valence electrons. The van der Waals surface area contributed by atoms with E-state index in [9.17, 15) is 0 Å². The van der Waals surface area contributed by atoms with E-state index in [0.717, 1.165) is 60.3 Å². The Balaban J connectivity index is 1.63. The first-order valence-electron chi connectivity index (χ1n) is 12.7. The molecule has 0 spiro atoms. The van der Waals surface area contributed by atoms with Gasteiger partial charge in [-0.1, -0.05) is 52.9 Å². The molecule has 3 unspecified atom stereocenters. The number of methoxy groups -OCH3 is 2. The molecule has 0 amide bonds. The summed E-state index contributed by atoms with van der Waals surface area (Å²) >= 11 is 0. The van der Waals surface area contributed by atoms with Crippen LogP contribution in [0.1, 0.15) is 82.7 Å². The van der Waals surface area contributed by atoms with Gasteiger partial charge in [-0.25, -0.2) is 0 Å². The Hall–Kier alpha value is -2.50. The number of aromatic amines is 1. The largest absolute Gasteiger partial charge is 0.497 e. The average molecular weight is 455 g/mol. The summed E-state index contributed by atoms with van der Waals surface area (Å²) in [5, 5.41) is 11.5. The van der Waals surface area contributed by atoms with Gasteiger partial charge in [-0.15, -0.1) is 0 Å². The number of unbranched alkanes of at least 4 members (excludes halogenated alkanes) is 1. The van der Waals surface area contributed by atoms with Gasteiger partial charge in [-0.05, 0) is 55.4 Å². The average Bonchev–Trinajstić information content (AvgIpc) is 3.47. The highest BCUT2D eigenvalue weighted by atomic mass is 16.5. The first kappa shape index (κ1) is 25.1. The highest BCUT2D eigenvalue weighted by molar-refractivity contribution is 5.98. The molecule has 2 N–H and O–H groups in total. The summed E-state index contributed by atoms with van der Waals surface area (Å²) in [6.07, 6.45) is 10.4. The van der Waals surface area contributed by atoms with Gasteiger partial charge in [0.1, 0.15) is 23.0 Å². The monoisotopic (exact) mass is 454 g/mol. The Labute approximate surface area is 199 Å². The van der Waals surface area contributed by atoms with Crippen molar-refractivity contribution >= 4 is 5.84 Å². The van der Waals surface area contributed by atoms with E-state index in [1.165, 1.54) is 37.7 Å². The van der Waals surface area contributed by atoms with Crippen molar-refractivity contribution in [2.24, 2.45) is 10.9 Å². The normalized spacial score (nSPS) is 18.6. The van der Waals surface area contributed by atoms with Crippen molar-refractivity contribution in [3.63, 3.8) is 0 Å². The predicted octanol–water partition coefficient (Wildman–Crippen LogP) is 5.71. The summed E-state index contributed by atoms with van der Waals surface area (Å²) in [5.74, 6) is 3.35. The van der Waals surface area contributed by atoms with Crippen molar-refractivity contribution in [3.05, 3.63) is 41.2 Å². The van der Waals surface area contributed by atoms with Gasteiger partial charge < -0.3 is 14.8 Å². The first-order valence-corrected chi connectivity index (χ1v) is 12.7. The van der Waals surface area contributed by atoms with Crippen molar-refractivity contribution in [1.82, 2.24) is 15.5 Å². The second-order valence-corrected chi connectivity index (χ2v) is 9.24. The van der Waals surface area contributed by atoms with Crippen LogP contribution in [0.15, 0.2) is 29.3 Å². The molecule has 0 saturated carbocycles. The third-order valence-electron chi connectivity index (χ3n) is 6.76. The summed E-state index contributed by atoms with van der Waals surface area (Å²) in [5.41, 5.74) is 3.22. The van der Waals surface area contributed by atoms with Crippen molar-refractivity contribution in [3.8, 4) is 11.5 Å². The standard InChI is InChI=1S/C27H42N4O2/c1-6-9-11-19(8-3)16-25-24(10-7-2)28-27(29-25)26-17-21(30-31-26)13-12-20-14-22(32-4)18-23(15-20)33-5/h14-15,17-19,24-25H,6-13,16H2,1-5H3,(H,28,29)(H,30,31). The zero-order valence-electron chi connectivity index (χ0n) is 21.1. The zero-order chi connectivity index (χ0) is 23.6. The number of nitrogens with one attached hydrogen (secondary N) is 2. The minimum atomic E-state index is 0.352. The lowest BCUT2D eigenvalue weighted by molar-refractivity contribution is 0.345.